The highest BCUT2D eigenvalue weighted by Crippen LogP contribution is 2.31. The van der Waals surface area contributed by atoms with Gasteiger partial charge in [-0.1, -0.05) is 24.3 Å². The lowest BCUT2D eigenvalue weighted by Crippen LogP contribution is -1.98. The molecule has 4 heteroatoms. The van der Waals surface area contributed by atoms with Crippen molar-refractivity contribution < 1.29 is 19.4 Å². The normalized spacial score (nSPS) is 9.95. The fraction of sp³-hybridized carbons (Fsp3) is 0.0667. The summed E-state index contributed by atoms with van der Waals surface area (Å²) in [4.78, 5) is 21.6. The standard InChI is InChI=1S/C15H12O4/c1-19-14-7-6-12(15(17)18)8-13(14)11-4-2-10(9-16)3-5-11/h2-9H,1H3,(H,17,18). The lowest BCUT2D eigenvalue weighted by Gasteiger charge is -2.09. The van der Waals surface area contributed by atoms with E-state index in [0.29, 0.717) is 16.9 Å². The van der Waals surface area contributed by atoms with Gasteiger partial charge < -0.3 is 9.84 Å². The minimum Gasteiger partial charge on any atom is -0.496 e. The summed E-state index contributed by atoms with van der Waals surface area (Å²) in [5.74, 6) is -0.405. The molecule has 2 aromatic carbocycles. The van der Waals surface area contributed by atoms with Crippen LogP contribution in [0.15, 0.2) is 42.5 Å². The van der Waals surface area contributed by atoms with E-state index in [9.17, 15) is 9.59 Å². The van der Waals surface area contributed by atoms with Gasteiger partial charge >= 0.3 is 5.97 Å². The SMILES string of the molecule is COc1ccc(C(=O)O)cc1-c1ccc(C=O)cc1. The molecule has 2 rings (SSSR count). The van der Waals surface area contributed by atoms with E-state index >= 15 is 0 Å². The fourth-order valence-electron chi connectivity index (χ4n) is 1.81. The number of hydrogen-bond donors (Lipinski definition) is 1. The summed E-state index contributed by atoms with van der Waals surface area (Å²) in [5, 5.41) is 9.01. The highest BCUT2D eigenvalue weighted by atomic mass is 16.5. The van der Waals surface area contributed by atoms with Crippen molar-refractivity contribution in [2.24, 2.45) is 0 Å². The zero-order chi connectivity index (χ0) is 13.8. The molecule has 0 aliphatic heterocycles. The number of benzene rings is 2. The third-order valence-corrected chi connectivity index (χ3v) is 2.80. The Morgan fingerprint density at radius 2 is 1.84 bits per heavy atom. The van der Waals surface area contributed by atoms with Gasteiger partial charge in [-0.05, 0) is 23.8 Å². The second-order valence-electron chi connectivity index (χ2n) is 3.96. The smallest absolute Gasteiger partial charge is 0.335 e. The Morgan fingerprint density at radius 1 is 1.16 bits per heavy atom. The average molecular weight is 256 g/mol. The molecule has 4 nitrogen and oxygen atoms in total. The molecule has 0 bridgehead atoms. The minimum atomic E-state index is -0.992. The summed E-state index contributed by atoms with van der Waals surface area (Å²) in [6.45, 7) is 0. The van der Waals surface area contributed by atoms with Crippen molar-refractivity contribution in [3.05, 3.63) is 53.6 Å². The summed E-state index contributed by atoms with van der Waals surface area (Å²) in [6.07, 6.45) is 0.759. The van der Waals surface area contributed by atoms with Crippen LogP contribution in [0, 0.1) is 0 Å². The van der Waals surface area contributed by atoms with Crippen LogP contribution >= 0.6 is 0 Å². The van der Waals surface area contributed by atoms with E-state index in [-0.39, 0.29) is 5.56 Å². The predicted molar refractivity (Wildman–Crippen MR) is 70.8 cm³/mol. The van der Waals surface area contributed by atoms with Crippen molar-refractivity contribution in [3.63, 3.8) is 0 Å². The van der Waals surface area contributed by atoms with Crippen molar-refractivity contribution in [2.75, 3.05) is 7.11 Å². The predicted octanol–water partition coefficient (Wildman–Crippen LogP) is 2.87. The number of hydrogen-bond acceptors (Lipinski definition) is 3. The van der Waals surface area contributed by atoms with Gasteiger partial charge in [0.2, 0.25) is 0 Å². The first-order valence-corrected chi connectivity index (χ1v) is 5.62. The van der Waals surface area contributed by atoms with E-state index in [1.165, 1.54) is 13.2 Å². The van der Waals surface area contributed by atoms with E-state index in [4.69, 9.17) is 9.84 Å². The lowest BCUT2D eigenvalue weighted by atomic mass is 10.0. The van der Waals surface area contributed by atoms with Crippen LogP contribution in [0.2, 0.25) is 0 Å². The molecule has 96 valence electrons. The molecule has 0 spiro atoms. The molecule has 0 aromatic heterocycles. The van der Waals surface area contributed by atoms with E-state index in [2.05, 4.69) is 0 Å². The monoisotopic (exact) mass is 256 g/mol. The van der Waals surface area contributed by atoms with Crippen molar-refractivity contribution in [1.29, 1.82) is 0 Å². The Morgan fingerprint density at radius 3 is 2.37 bits per heavy atom. The number of carbonyl (C=O) groups is 2. The molecule has 0 saturated carbocycles. The summed E-state index contributed by atoms with van der Waals surface area (Å²) in [6, 6.07) is 11.5. The molecule has 0 saturated heterocycles. The summed E-state index contributed by atoms with van der Waals surface area (Å²) >= 11 is 0. The average Bonchev–Trinajstić information content (AvgIpc) is 2.46. The van der Waals surface area contributed by atoms with Gasteiger partial charge in [-0.15, -0.1) is 0 Å². The largest absolute Gasteiger partial charge is 0.496 e. The Hall–Kier alpha value is -2.62. The second kappa shape index (κ2) is 5.35. The molecule has 0 fully saturated rings. The topological polar surface area (TPSA) is 63.6 Å². The molecule has 0 heterocycles. The van der Waals surface area contributed by atoms with Gasteiger partial charge in [0, 0.05) is 11.1 Å². The number of methoxy groups -OCH3 is 1. The minimum absolute atomic E-state index is 0.190. The summed E-state index contributed by atoms with van der Waals surface area (Å²) in [5.41, 5.74) is 2.23. The van der Waals surface area contributed by atoms with Crippen molar-refractivity contribution >= 4 is 12.3 Å². The highest BCUT2D eigenvalue weighted by molar-refractivity contribution is 5.90. The molecular formula is C15H12O4. The van der Waals surface area contributed by atoms with Crippen LogP contribution in [0.1, 0.15) is 20.7 Å². The first kappa shape index (κ1) is 12.8. The van der Waals surface area contributed by atoms with Crippen molar-refractivity contribution in [2.45, 2.75) is 0 Å². The molecule has 1 N–H and O–H groups in total. The van der Waals surface area contributed by atoms with Crippen LogP contribution in [-0.2, 0) is 0 Å². The van der Waals surface area contributed by atoms with Crippen LogP contribution in [0.4, 0.5) is 0 Å². The van der Waals surface area contributed by atoms with Crippen LogP contribution in [0.5, 0.6) is 5.75 Å². The molecule has 19 heavy (non-hydrogen) atoms. The molecule has 0 radical (unpaired) electrons. The molecule has 0 amide bonds. The lowest BCUT2D eigenvalue weighted by molar-refractivity contribution is 0.0696. The van der Waals surface area contributed by atoms with Crippen LogP contribution < -0.4 is 4.74 Å². The fourth-order valence-corrected chi connectivity index (χ4v) is 1.81. The van der Waals surface area contributed by atoms with Gasteiger partial charge in [0.25, 0.3) is 0 Å². The second-order valence-corrected chi connectivity index (χ2v) is 3.96. The van der Waals surface area contributed by atoms with Gasteiger partial charge in [0.1, 0.15) is 12.0 Å². The maximum absolute atomic E-state index is 11.0. The maximum atomic E-state index is 11.0. The summed E-state index contributed by atoms with van der Waals surface area (Å²) < 4.78 is 5.23. The van der Waals surface area contributed by atoms with Gasteiger partial charge in [-0.25, -0.2) is 4.79 Å². The van der Waals surface area contributed by atoms with E-state index in [1.54, 1.807) is 36.4 Å². The number of carbonyl (C=O) groups excluding carboxylic acids is 1. The zero-order valence-corrected chi connectivity index (χ0v) is 10.3. The zero-order valence-electron chi connectivity index (χ0n) is 10.3. The third-order valence-electron chi connectivity index (χ3n) is 2.80. The van der Waals surface area contributed by atoms with Crippen molar-refractivity contribution in [3.8, 4) is 16.9 Å². The first-order chi connectivity index (χ1) is 9.15. The van der Waals surface area contributed by atoms with Crippen molar-refractivity contribution in [1.82, 2.24) is 0 Å². The quantitative estimate of drug-likeness (QED) is 0.854. The first-order valence-electron chi connectivity index (χ1n) is 5.62. The number of aldehydes is 1. The van der Waals surface area contributed by atoms with E-state index in [1.807, 2.05) is 0 Å². The van der Waals surface area contributed by atoms with E-state index in [0.717, 1.165) is 11.8 Å². The van der Waals surface area contributed by atoms with Crippen LogP contribution in [0.3, 0.4) is 0 Å². The Bertz CT molecular complexity index is 615. The van der Waals surface area contributed by atoms with Gasteiger partial charge in [-0.3, -0.25) is 4.79 Å². The number of rotatable bonds is 4. The molecule has 0 atom stereocenters. The Labute approximate surface area is 110 Å². The molecule has 2 aromatic rings. The van der Waals surface area contributed by atoms with Gasteiger partial charge in [-0.2, -0.15) is 0 Å². The third kappa shape index (κ3) is 2.63. The highest BCUT2D eigenvalue weighted by Gasteiger charge is 2.10. The van der Waals surface area contributed by atoms with Gasteiger partial charge in [0.15, 0.2) is 0 Å². The molecular weight excluding hydrogens is 244 g/mol. The van der Waals surface area contributed by atoms with Crippen LogP contribution in [-0.4, -0.2) is 24.5 Å². The van der Waals surface area contributed by atoms with Gasteiger partial charge in [0.05, 0.1) is 12.7 Å². The number of ether oxygens (including phenoxy) is 1. The maximum Gasteiger partial charge on any atom is 0.335 e. The Kier molecular flexibility index (Phi) is 3.61. The van der Waals surface area contributed by atoms with E-state index < -0.39 is 5.97 Å². The Balaban J connectivity index is 2.54. The molecule has 0 aliphatic carbocycles. The summed E-state index contributed by atoms with van der Waals surface area (Å²) in [7, 11) is 1.53. The molecule has 0 unspecified atom stereocenters. The molecule has 0 aliphatic rings. The number of aromatic carboxylic acids is 1. The van der Waals surface area contributed by atoms with Crippen LogP contribution in [0.25, 0.3) is 11.1 Å². The number of carboxylic acid groups (broad SMARTS) is 1. The number of carboxylic acids is 1.